The summed E-state index contributed by atoms with van der Waals surface area (Å²) < 4.78 is 46.6. The summed E-state index contributed by atoms with van der Waals surface area (Å²) in [4.78, 5) is 15.7. The Morgan fingerprint density at radius 2 is 1.81 bits per heavy atom. The first kappa shape index (κ1) is 18.3. The van der Waals surface area contributed by atoms with Gasteiger partial charge in [0, 0.05) is 24.4 Å². The van der Waals surface area contributed by atoms with Crippen LogP contribution in [0.3, 0.4) is 0 Å². The molecule has 136 valence electrons. The van der Waals surface area contributed by atoms with Crippen molar-refractivity contribution in [3.05, 3.63) is 105 Å². The van der Waals surface area contributed by atoms with Gasteiger partial charge in [0.25, 0.3) is 11.2 Å². The van der Waals surface area contributed by atoms with Crippen LogP contribution in [0, 0.1) is 24.0 Å². The fourth-order valence-corrected chi connectivity index (χ4v) is 2.52. The average molecular weight is 370 g/mol. The molecular weight excluding hydrogens is 357 g/mol. The SMILES string of the molecule is [C-]#[N+]c1c(OCc2ccc(F)cc2F)ccn(Cc2cccc(F)c2)c1=O. The van der Waals surface area contributed by atoms with E-state index >= 15 is 0 Å². The molecule has 1 heterocycles. The van der Waals surface area contributed by atoms with Gasteiger partial charge in [-0.3, -0.25) is 4.79 Å². The summed E-state index contributed by atoms with van der Waals surface area (Å²) in [5, 5.41) is 0. The van der Waals surface area contributed by atoms with Crippen molar-refractivity contribution in [2.24, 2.45) is 0 Å². The van der Waals surface area contributed by atoms with E-state index in [4.69, 9.17) is 11.3 Å². The number of benzene rings is 2. The highest BCUT2D eigenvalue weighted by molar-refractivity contribution is 5.55. The molecule has 7 heteroatoms. The largest absolute Gasteiger partial charge is 0.500 e. The normalized spacial score (nSPS) is 10.4. The molecule has 0 fully saturated rings. The summed E-state index contributed by atoms with van der Waals surface area (Å²) in [6, 6.07) is 10.2. The third-order valence-corrected chi connectivity index (χ3v) is 3.85. The van der Waals surface area contributed by atoms with E-state index in [9.17, 15) is 18.0 Å². The highest BCUT2D eigenvalue weighted by Gasteiger charge is 2.13. The van der Waals surface area contributed by atoms with E-state index in [1.165, 1.54) is 41.1 Å². The van der Waals surface area contributed by atoms with Crippen LogP contribution in [0.2, 0.25) is 0 Å². The number of halogens is 3. The molecule has 0 saturated carbocycles. The van der Waals surface area contributed by atoms with Crippen LogP contribution in [-0.4, -0.2) is 4.57 Å². The van der Waals surface area contributed by atoms with Crippen LogP contribution in [0.1, 0.15) is 11.1 Å². The Labute approximate surface area is 152 Å². The lowest BCUT2D eigenvalue weighted by atomic mass is 10.2. The van der Waals surface area contributed by atoms with E-state index in [1.807, 2.05) is 0 Å². The lowest BCUT2D eigenvalue weighted by molar-refractivity contribution is 0.300. The Morgan fingerprint density at radius 3 is 2.52 bits per heavy atom. The summed E-state index contributed by atoms with van der Waals surface area (Å²) in [5.74, 6) is -1.92. The van der Waals surface area contributed by atoms with Crippen LogP contribution < -0.4 is 10.3 Å². The monoisotopic (exact) mass is 370 g/mol. The van der Waals surface area contributed by atoms with Crippen molar-refractivity contribution in [3.8, 4) is 5.75 Å². The van der Waals surface area contributed by atoms with Crippen LogP contribution in [0.5, 0.6) is 5.75 Å². The number of pyridine rings is 1. The molecule has 0 aliphatic heterocycles. The first-order valence-electron chi connectivity index (χ1n) is 7.90. The van der Waals surface area contributed by atoms with Crippen molar-refractivity contribution in [1.82, 2.24) is 4.57 Å². The maximum atomic E-state index is 13.7. The van der Waals surface area contributed by atoms with E-state index in [2.05, 4.69) is 4.85 Å². The summed E-state index contributed by atoms with van der Waals surface area (Å²) in [5.41, 5.74) is -0.214. The summed E-state index contributed by atoms with van der Waals surface area (Å²) in [6.07, 6.45) is 1.41. The van der Waals surface area contributed by atoms with Gasteiger partial charge in [0.2, 0.25) is 0 Å². The number of ether oxygens (including phenoxy) is 1. The molecule has 3 rings (SSSR count). The predicted octanol–water partition coefficient (Wildman–Crippen LogP) is 4.44. The van der Waals surface area contributed by atoms with Crippen molar-refractivity contribution in [1.29, 1.82) is 0 Å². The topological polar surface area (TPSA) is 35.6 Å². The van der Waals surface area contributed by atoms with Gasteiger partial charge in [-0.25, -0.2) is 18.0 Å². The van der Waals surface area contributed by atoms with Gasteiger partial charge in [-0.1, -0.05) is 12.1 Å². The summed E-state index contributed by atoms with van der Waals surface area (Å²) >= 11 is 0. The number of rotatable bonds is 5. The van der Waals surface area contributed by atoms with Gasteiger partial charge in [0.1, 0.15) is 29.8 Å². The van der Waals surface area contributed by atoms with Crippen molar-refractivity contribution < 1.29 is 17.9 Å². The van der Waals surface area contributed by atoms with Gasteiger partial charge in [0.05, 0.1) is 6.57 Å². The Hall–Kier alpha value is -3.53. The highest BCUT2D eigenvalue weighted by Crippen LogP contribution is 2.24. The Morgan fingerprint density at radius 1 is 1.04 bits per heavy atom. The van der Waals surface area contributed by atoms with E-state index < -0.39 is 23.0 Å². The van der Waals surface area contributed by atoms with E-state index in [0.29, 0.717) is 5.56 Å². The van der Waals surface area contributed by atoms with E-state index in [0.717, 1.165) is 12.1 Å². The molecule has 0 radical (unpaired) electrons. The van der Waals surface area contributed by atoms with Crippen LogP contribution in [0.25, 0.3) is 4.85 Å². The smallest absolute Gasteiger partial charge is 0.291 e. The zero-order valence-electron chi connectivity index (χ0n) is 14.0. The molecular formula is C20H13F3N2O2. The molecule has 27 heavy (non-hydrogen) atoms. The molecule has 0 spiro atoms. The maximum absolute atomic E-state index is 13.7. The van der Waals surface area contributed by atoms with Crippen molar-refractivity contribution in [3.63, 3.8) is 0 Å². The van der Waals surface area contributed by atoms with Gasteiger partial charge >= 0.3 is 0 Å². The zero-order valence-corrected chi connectivity index (χ0v) is 14.0. The molecule has 2 aromatic carbocycles. The fourth-order valence-electron chi connectivity index (χ4n) is 2.52. The first-order chi connectivity index (χ1) is 13.0. The molecule has 0 bridgehead atoms. The standard InChI is InChI=1S/C20H13F3N2O2/c1-24-19-18(27-12-14-5-6-16(22)10-17(14)23)7-8-25(20(19)26)11-13-3-2-4-15(21)9-13/h2-10H,11-12H2. The van der Waals surface area contributed by atoms with Crippen LogP contribution in [-0.2, 0) is 13.2 Å². The van der Waals surface area contributed by atoms with Gasteiger partial charge in [-0.2, -0.15) is 0 Å². The molecule has 0 amide bonds. The van der Waals surface area contributed by atoms with E-state index in [1.54, 1.807) is 6.07 Å². The second-order valence-electron chi connectivity index (χ2n) is 5.73. The van der Waals surface area contributed by atoms with Gasteiger partial charge in [0.15, 0.2) is 0 Å². The lowest BCUT2D eigenvalue weighted by Gasteiger charge is -2.12. The molecule has 0 aliphatic carbocycles. The third-order valence-electron chi connectivity index (χ3n) is 3.85. The maximum Gasteiger partial charge on any atom is 0.291 e. The lowest BCUT2D eigenvalue weighted by Crippen LogP contribution is -2.20. The van der Waals surface area contributed by atoms with Crippen LogP contribution >= 0.6 is 0 Å². The van der Waals surface area contributed by atoms with Crippen LogP contribution in [0.4, 0.5) is 18.9 Å². The number of hydrogen-bond donors (Lipinski definition) is 0. The Kier molecular flexibility index (Phi) is 5.27. The average Bonchev–Trinajstić information content (AvgIpc) is 2.63. The van der Waals surface area contributed by atoms with Gasteiger partial charge < -0.3 is 9.30 Å². The Bertz CT molecular complexity index is 1090. The minimum Gasteiger partial charge on any atom is -0.500 e. The highest BCUT2D eigenvalue weighted by atomic mass is 19.1. The second-order valence-corrected chi connectivity index (χ2v) is 5.73. The summed E-state index contributed by atoms with van der Waals surface area (Å²) in [6.45, 7) is 7.06. The molecule has 0 aliphatic rings. The zero-order chi connectivity index (χ0) is 19.4. The molecule has 3 aromatic rings. The van der Waals surface area contributed by atoms with Crippen molar-refractivity contribution >= 4 is 5.69 Å². The van der Waals surface area contributed by atoms with Crippen molar-refractivity contribution in [2.75, 3.05) is 0 Å². The number of hydrogen-bond acceptors (Lipinski definition) is 2. The molecule has 0 N–H and O–H groups in total. The molecule has 4 nitrogen and oxygen atoms in total. The first-order valence-corrected chi connectivity index (χ1v) is 7.90. The minimum atomic E-state index is -0.779. The molecule has 0 atom stereocenters. The second kappa shape index (κ2) is 7.79. The minimum absolute atomic E-state index is 0.00535. The van der Waals surface area contributed by atoms with Gasteiger partial charge in [-0.15, -0.1) is 0 Å². The quantitative estimate of drug-likeness (QED) is 0.623. The molecule has 1 aromatic heterocycles. The fraction of sp³-hybridized carbons (Fsp3) is 0.100. The molecule has 0 saturated heterocycles. The van der Waals surface area contributed by atoms with Crippen LogP contribution in [0.15, 0.2) is 59.5 Å². The molecule has 0 unspecified atom stereocenters. The third kappa shape index (κ3) is 4.18. The predicted molar refractivity (Wildman–Crippen MR) is 93.2 cm³/mol. The summed E-state index contributed by atoms with van der Waals surface area (Å²) in [7, 11) is 0. The van der Waals surface area contributed by atoms with Gasteiger partial charge in [-0.05, 0) is 35.9 Å². The van der Waals surface area contributed by atoms with Crippen molar-refractivity contribution in [2.45, 2.75) is 13.2 Å². The van der Waals surface area contributed by atoms with E-state index in [-0.39, 0.29) is 30.2 Å². The number of aromatic nitrogens is 1. The Balaban J connectivity index is 1.84. The number of nitrogens with zero attached hydrogens (tertiary/aromatic N) is 2.